The van der Waals surface area contributed by atoms with Gasteiger partial charge in [0.2, 0.25) is 0 Å². The number of hydrogen-bond acceptors (Lipinski definition) is 2. The fourth-order valence-electron chi connectivity index (χ4n) is 1.35. The van der Waals surface area contributed by atoms with Gasteiger partial charge >= 0.3 is 6.18 Å². The highest BCUT2D eigenvalue weighted by Gasteiger charge is 2.34. The van der Waals surface area contributed by atoms with E-state index >= 15 is 0 Å². The average Bonchev–Trinajstić information content (AvgIpc) is 2.29. The van der Waals surface area contributed by atoms with Gasteiger partial charge in [0.1, 0.15) is 5.82 Å². The first-order valence-electron chi connectivity index (χ1n) is 5.45. The van der Waals surface area contributed by atoms with Crippen LogP contribution in [-0.2, 0) is 6.18 Å². The maximum Gasteiger partial charge on any atom is 0.419 e. The zero-order valence-electron chi connectivity index (χ0n) is 9.69. The Bertz CT molecular complexity index is 398. The Hall–Kier alpha value is -0.490. The van der Waals surface area contributed by atoms with Gasteiger partial charge in [0.05, 0.1) is 5.56 Å². The minimum Gasteiger partial charge on any atom is -0.370 e. The van der Waals surface area contributed by atoms with Crippen molar-refractivity contribution >= 4 is 33.3 Å². The molecule has 1 aromatic rings. The number of anilines is 1. The largest absolute Gasteiger partial charge is 0.419 e. The molecule has 1 atom stereocenters. The van der Waals surface area contributed by atoms with E-state index in [0.717, 1.165) is 12.5 Å². The molecule has 0 saturated heterocycles. The molecule has 1 aromatic heterocycles. The summed E-state index contributed by atoms with van der Waals surface area (Å²) in [4.78, 5) is 3.75. The molecule has 7 heteroatoms. The van der Waals surface area contributed by atoms with Crippen molar-refractivity contribution in [3.05, 3.63) is 22.3 Å². The molecule has 0 fully saturated rings. The van der Waals surface area contributed by atoms with Crippen LogP contribution in [0, 0.1) is 0 Å². The van der Waals surface area contributed by atoms with Crippen molar-refractivity contribution in [1.82, 2.24) is 4.98 Å². The van der Waals surface area contributed by atoms with Gasteiger partial charge < -0.3 is 5.32 Å². The number of nitrogens with zero attached hydrogens (tertiary/aromatic N) is 1. The molecule has 0 aliphatic rings. The van der Waals surface area contributed by atoms with Gasteiger partial charge in [0.15, 0.2) is 0 Å². The molecule has 0 aromatic carbocycles. The van der Waals surface area contributed by atoms with Crippen LogP contribution >= 0.6 is 27.5 Å². The van der Waals surface area contributed by atoms with Gasteiger partial charge in [0, 0.05) is 22.6 Å². The van der Waals surface area contributed by atoms with E-state index in [0.29, 0.717) is 17.4 Å². The third-order valence-electron chi connectivity index (χ3n) is 2.35. The molecule has 102 valence electrons. The van der Waals surface area contributed by atoms with Gasteiger partial charge in [-0.25, -0.2) is 4.98 Å². The van der Waals surface area contributed by atoms with Crippen molar-refractivity contribution < 1.29 is 13.2 Å². The van der Waals surface area contributed by atoms with E-state index in [1.165, 1.54) is 6.20 Å². The molecule has 1 rings (SSSR count). The lowest BCUT2D eigenvalue weighted by atomic mass is 10.2. The van der Waals surface area contributed by atoms with Crippen LogP contribution in [-0.4, -0.2) is 16.9 Å². The number of nitrogens with one attached hydrogen (secondary N) is 1. The van der Waals surface area contributed by atoms with Gasteiger partial charge in [-0.15, -0.1) is 11.6 Å². The summed E-state index contributed by atoms with van der Waals surface area (Å²) in [6.07, 6.45) is -1.73. The van der Waals surface area contributed by atoms with Crippen LogP contribution in [0.25, 0.3) is 0 Å². The van der Waals surface area contributed by atoms with Crippen LogP contribution in [0.5, 0.6) is 0 Å². The summed E-state index contributed by atoms with van der Waals surface area (Å²) < 4.78 is 38.6. The zero-order chi connectivity index (χ0) is 13.8. The van der Waals surface area contributed by atoms with E-state index in [1.807, 2.05) is 6.92 Å². The smallest absolute Gasteiger partial charge is 0.370 e. The second kappa shape index (κ2) is 6.61. The van der Waals surface area contributed by atoms with E-state index in [4.69, 9.17) is 11.6 Å². The molecular weight excluding hydrogens is 332 g/mol. The molecular formula is C11H13BrClF3N2. The monoisotopic (exact) mass is 344 g/mol. The average molecular weight is 346 g/mol. The third kappa shape index (κ3) is 4.65. The van der Waals surface area contributed by atoms with Crippen LogP contribution in [0.3, 0.4) is 0 Å². The second-order valence-electron chi connectivity index (χ2n) is 3.77. The number of alkyl halides is 4. The first-order valence-corrected chi connectivity index (χ1v) is 6.68. The van der Waals surface area contributed by atoms with Crippen molar-refractivity contribution in [3.8, 4) is 0 Å². The number of aromatic nitrogens is 1. The maximum absolute atomic E-state index is 12.8. The molecule has 0 bridgehead atoms. The van der Waals surface area contributed by atoms with Gasteiger partial charge in [-0.3, -0.25) is 0 Å². The lowest BCUT2D eigenvalue weighted by Crippen LogP contribution is -2.15. The maximum atomic E-state index is 12.8. The molecule has 0 aliphatic heterocycles. The van der Waals surface area contributed by atoms with E-state index in [1.54, 1.807) is 0 Å². The molecule has 0 radical (unpaired) electrons. The Morgan fingerprint density at radius 3 is 2.72 bits per heavy atom. The minimum absolute atomic E-state index is 0.0396. The molecule has 0 saturated carbocycles. The Labute approximate surface area is 117 Å². The lowest BCUT2D eigenvalue weighted by molar-refractivity contribution is -0.137. The van der Waals surface area contributed by atoms with Gasteiger partial charge in [-0.1, -0.05) is 6.92 Å². The highest BCUT2D eigenvalue weighted by molar-refractivity contribution is 9.10. The summed E-state index contributed by atoms with van der Waals surface area (Å²) >= 11 is 8.88. The number of hydrogen-bond donors (Lipinski definition) is 1. The fraction of sp³-hybridized carbons (Fsp3) is 0.545. The molecule has 2 nitrogen and oxygen atoms in total. The third-order valence-corrected chi connectivity index (χ3v) is 3.31. The highest BCUT2D eigenvalue weighted by atomic mass is 79.9. The quantitative estimate of drug-likeness (QED) is 0.784. The predicted octanol–water partition coefficient (Wildman–Crippen LogP) is 4.68. The number of halogens is 5. The Morgan fingerprint density at radius 2 is 2.17 bits per heavy atom. The number of pyridine rings is 1. The molecule has 0 spiro atoms. The fourth-order valence-corrected chi connectivity index (χ4v) is 1.79. The minimum atomic E-state index is -4.43. The first-order chi connectivity index (χ1) is 8.34. The topological polar surface area (TPSA) is 24.9 Å². The van der Waals surface area contributed by atoms with Crippen molar-refractivity contribution in [2.75, 3.05) is 11.9 Å². The van der Waals surface area contributed by atoms with Crippen molar-refractivity contribution in [2.24, 2.45) is 0 Å². The Balaban J connectivity index is 2.76. The van der Waals surface area contributed by atoms with Crippen LogP contribution in [0.2, 0.25) is 0 Å². The predicted molar refractivity (Wildman–Crippen MR) is 70.0 cm³/mol. The normalized spacial score (nSPS) is 13.4. The van der Waals surface area contributed by atoms with Gasteiger partial charge in [0.25, 0.3) is 0 Å². The van der Waals surface area contributed by atoms with Crippen LogP contribution in [0.15, 0.2) is 16.7 Å². The van der Waals surface area contributed by atoms with Gasteiger partial charge in [-0.2, -0.15) is 13.2 Å². The Morgan fingerprint density at radius 1 is 1.50 bits per heavy atom. The molecule has 0 amide bonds. The van der Waals surface area contributed by atoms with Crippen LogP contribution in [0.1, 0.15) is 25.3 Å². The summed E-state index contributed by atoms with van der Waals surface area (Å²) in [5.74, 6) is -0.161. The first kappa shape index (κ1) is 15.6. The van der Waals surface area contributed by atoms with Gasteiger partial charge in [-0.05, 0) is 34.8 Å². The molecule has 1 unspecified atom stereocenters. The molecule has 1 heterocycles. The number of rotatable bonds is 5. The SMILES string of the molecule is CCC(Cl)CCNc1ncc(Br)cc1C(F)(F)F. The molecule has 18 heavy (non-hydrogen) atoms. The molecule has 1 N–H and O–H groups in total. The summed E-state index contributed by atoms with van der Waals surface area (Å²) in [5.41, 5.74) is -0.778. The van der Waals surface area contributed by atoms with Crippen molar-refractivity contribution in [3.63, 3.8) is 0 Å². The Kier molecular flexibility index (Phi) is 5.72. The standard InChI is InChI=1S/C11H13BrClF3N2/c1-2-8(13)3-4-17-10-9(11(14,15)16)5-7(12)6-18-10/h5-6,8H,2-4H2,1H3,(H,17,18). The molecule has 0 aliphatic carbocycles. The van der Waals surface area contributed by atoms with Crippen molar-refractivity contribution in [2.45, 2.75) is 31.3 Å². The second-order valence-corrected chi connectivity index (χ2v) is 5.30. The summed E-state index contributed by atoms with van der Waals surface area (Å²) in [7, 11) is 0. The van der Waals surface area contributed by atoms with E-state index in [9.17, 15) is 13.2 Å². The zero-order valence-corrected chi connectivity index (χ0v) is 12.0. The van der Waals surface area contributed by atoms with Crippen LogP contribution < -0.4 is 5.32 Å². The van der Waals surface area contributed by atoms with Crippen LogP contribution in [0.4, 0.5) is 19.0 Å². The summed E-state index contributed by atoms with van der Waals surface area (Å²) in [6, 6.07) is 1.01. The lowest BCUT2D eigenvalue weighted by Gasteiger charge is -2.14. The van der Waals surface area contributed by atoms with E-state index in [2.05, 4.69) is 26.2 Å². The van der Waals surface area contributed by atoms with E-state index < -0.39 is 11.7 Å². The summed E-state index contributed by atoms with van der Waals surface area (Å²) in [6.45, 7) is 2.29. The van der Waals surface area contributed by atoms with E-state index in [-0.39, 0.29) is 11.2 Å². The van der Waals surface area contributed by atoms with Crippen molar-refractivity contribution in [1.29, 1.82) is 0 Å². The summed E-state index contributed by atoms with van der Waals surface area (Å²) in [5, 5.41) is 2.64. The highest BCUT2D eigenvalue weighted by Crippen LogP contribution is 2.35.